The highest BCUT2D eigenvalue weighted by atomic mass is 35.5. The van der Waals surface area contributed by atoms with Gasteiger partial charge in [0.2, 0.25) is 5.91 Å². The fourth-order valence-corrected chi connectivity index (χ4v) is 2.96. The monoisotopic (exact) mass is 338 g/mol. The molecule has 0 bridgehead atoms. The largest absolute Gasteiger partial charge is 0.342 e. The van der Waals surface area contributed by atoms with Crippen molar-refractivity contribution in [2.75, 3.05) is 26.7 Å². The first-order chi connectivity index (χ1) is 10.6. The Morgan fingerprint density at radius 3 is 2.30 bits per heavy atom. The molecule has 1 amide bonds. The zero-order chi connectivity index (χ0) is 15.9. The molecule has 1 aliphatic rings. The number of piperidine rings is 1. The number of carbonyl (C=O) groups excluding carboxylic acids is 2. The van der Waals surface area contributed by atoms with Crippen LogP contribution in [0.5, 0.6) is 0 Å². The first-order valence-electron chi connectivity index (χ1n) is 8.12. The highest BCUT2D eigenvalue weighted by Crippen LogP contribution is 2.20. The molecule has 128 valence electrons. The van der Waals surface area contributed by atoms with Crippen LogP contribution in [0.1, 0.15) is 42.1 Å². The summed E-state index contributed by atoms with van der Waals surface area (Å²) in [5.74, 6) is 0.996. The number of carbonyl (C=O) groups is 2. The Hall–Kier alpha value is -1.39. The lowest BCUT2D eigenvalue weighted by Crippen LogP contribution is -2.39. The second-order valence-corrected chi connectivity index (χ2v) is 6.15. The zero-order valence-corrected chi connectivity index (χ0v) is 14.8. The van der Waals surface area contributed by atoms with Gasteiger partial charge in [0.25, 0.3) is 0 Å². The number of benzene rings is 1. The lowest BCUT2D eigenvalue weighted by molar-refractivity contribution is -0.131. The molecule has 0 spiro atoms. The molecule has 1 heterocycles. The van der Waals surface area contributed by atoms with Crippen molar-refractivity contribution in [1.82, 2.24) is 10.2 Å². The molecule has 23 heavy (non-hydrogen) atoms. The van der Waals surface area contributed by atoms with Crippen molar-refractivity contribution >= 4 is 24.1 Å². The summed E-state index contributed by atoms with van der Waals surface area (Å²) in [5.41, 5.74) is 1.67. The Kier molecular flexibility index (Phi) is 8.28. The third kappa shape index (κ3) is 5.96. The Morgan fingerprint density at radius 2 is 1.78 bits per heavy atom. The molecule has 0 radical (unpaired) electrons. The number of hydrogen-bond donors (Lipinski definition) is 1. The Bertz CT molecular complexity index is 508. The van der Waals surface area contributed by atoms with Crippen molar-refractivity contribution in [2.24, 2.45) is 5.92 Å². The van der Waals surface area contributed by atoms with Crippen molar-refractivity contribution in [3.05, 3.63) is 35.4 Å². The Balaban J connectivity index is 0.00000264. The van der Waals surface area contributed by atoms with Crippen LogP contribution in [-0.2, 0) is 11.2 Å². The summed E-state index contributed by atoms with van der Waals surface area (Å²) >= 11 is 0. The van der Waals surface area contributed by atoms with Gasteiger partial charge in [-0.1, -0.05) is 24.3 Å². The molecule has 0 unspecified atom stereocenters. The van der Waals surface area contributed by atoms with Crippen LogP contribution < -0.4 is 5.32 Å². The van der Waals surface area contributed by atoms with Crippen LogP contribution in [0.2, 0.25) is 0 Å². The number of Topliss-reactive ketones (excluding diaryl/α,β-unsaturated/α-hetero) is 1. The van der Waals surface area contributed by atoms with E-state index in [1.165, 1.54) is 6.42 Å². The fourth-order valence-electron chi connectivity index (χ4n) is 2.96. The average molecular weight is 339 g/mol. The van der Waals surface area contributed by atoms with Crippen molar-refractivity contribution in [1.29, 1.82) is 0 Å². The van der Waals surface area contributed by atoms with Gasteiger partial charge in [-0.2, -0.15) is 0 Å². The summed E-state index contributed by atoms with van der Waals surface area (Å²) in [7, 11) is 1.98. The molecule has 0 saturated carbocycles. The van der Waals surface area contributed by atoms with Gasteiger partial charge >= 0.3 is 0 Å². The number of halogens is 1. The van der Waals surface area contributed by atoms with Gasteiger partial charge in [-0.15, -0.1) is 12.4 Å². The number of likely N-dealkylation sites (tertiary alicyclic amines) is 1. The summed E-state index contributed by atoms with van der Waals surface area (Å²) in [4.78, 5) is 25.6. The summed E-state index contributed by atoms with van der Waals surface area (Å²) in [6.45, 7) is 4.36. The van der Waals surface area contributed by atoms with E-state index in [-0.39, 0.29) is 24.1 Å². The van der Waals surface area contributed by atoms with Gasteiger partial charge in [0.15, 0.2) is 5.78 Å². The van der Waals surface area contributed by atoms with Gasteiger partial charge in [0, 0.05) is 18.7 Å². The normalized spacial score (nSPS) is 15.1. The summed E-state index contributed by atoms with van der Waals surface area (Å²) in [6.07, 6.45) is 3.85. The first kappa shape index (κ1) is 19.7. The molecule has 1 fully saturated rings. The van der Waals surface area contributed by atoms with Gasteiger partial charge in [0.1, 0.15) is 0 Å². The van der Waals surface area contributed by atoms with Crippen molar-refractivity contribution < 1.29 is 9.59 Å². The number of rotatable bonds is 6. The number of nitrogens with zero attached hydrogens (tertiary/aromatic N) is 1. The quantitative estimate of drug-likeness (QED) is 0.811. The van der Waals surface area contributed by atoms with Crippen LogP contribution in [0.4, 0.5) is 0 Å². The zero-order valence-electron chi connectivity index (χ0n) is 14.0. The molecule has 1 saturated heterocycles. The van der Waals surface area contributed by atoms with E-state index in [9.17, 15) is 9.59 Å². The lowest BCUT2D eigenvalue weighted by Gasteiger charge is -2.32. The maximum Gasteiger partial charge on any atom is 0.226 e. The molecule has 0 aliphatic carbocycles. The second kappa shape index (κ2) is 9.68. The van der Waals surface area contributed by atoms with E-state index >= 15 is 0 Å². The van der Waals surface area contributed by atoms with E-state index in [2.05, 4.69) is 5.32 Å². The number of hydrogen-bond acceptors (Lipinski definition) is 3. The van der Waals surface area contributed by atoms with E-state index in [0.717, 1.165) is 44.0 Å². The highest BCUT2D eigenvalue weighted by molar-refractivity contribution is 5.94. The van der Waals surface area contributed by atoms with E-state index < -0.39 is 0 Å². The van der Waals surface area contributed by atoms with Gasteiger partial charge in [-0.05, 0) is 51.3 Å². The standard InChI is InChI=1S/C18H26N2O2.ClH/c1-14(21)17-5-3-16(4-6-17)13-18(22)20-11-8-15(9-12-20)7-10-19-2;/h3-6,15,19H,7-13H2,1-2H3;1H. The Morgan fingerprint density at radius 1 is 1.17 bits per heavy atom. The molecule has 1 N–H and O–H groups in total. The molecular weight excluding hydrogens is 312 g/mol. The van der Waals surface area contributed by atoms with E-state index in [4.69, 9.17) is 0 Å². The van der Waals surface area contributed by atoms with E-state index in [0.29, 0.717) is 12.0 Å². The average Bonchev–Trinajstić information content (AvgIpc) is 2.54. The van der Waals surface area contributed by atoms with Crippen molar-refractivity contribution in [3.63, 3.8) is 0 Å². The van der Waals surface area contributed by atoms with Crippen LogP contribution in [0.3, 0.4) is 0 Å². The maximum absolute atomic E-state index is 12.4. The van der Waals surface area contributed by atoms with Crippen LogP contribution >= 0.6 is 12.4 Å². The van der Waals surface area contributed by atoms with Crippen LogP contribution in [0, 0.1) is 5.92 Å². The summed E-state index contributed by atoms with van der Waals surface area (Å²) < 4.78 is 0. The predicted octanol–water partition coefficient (Wildman–Crippen LogP) is 2.70. The van der Waals surface area contributed by atoms with Gasteiger partial charge < -0.3 is 10.2 Å². The third-order valence-corrected chi connectivity index (χ3v) is 4.49. The highest BCUT2D eigenvalue weighted by Gasteiger charge is 2.22. The lowest BCUT2D eigenvalue weighted by atomic mass is 9.93. The summed E-state index contributed by atoms with van der Waals surface area (Å²) in [6, 6.07) is 7.37. The third-order valence-electron chi connectivity index (χ3n) is 4.49. The minimum atomic E-state index is 0. The molecule has 4 nitrogen and oxygen atoms in total. The van der Waals surface area contributed by atoms with Crippen LogP contribution in [0.15, 0.2) is 24.3 Å². The first-order valence-corrected chi connectivity index (χ1v) is 8.12. The number of nitrogens with one attached hydrogen (secondary N) is 1. The number of amides is 1. The fraction of sp³-hybridized carbons (Fsp3) is 0.556. The molecule has 1 aliphatic heterocycles. The molecular formula is C18H27ClN2O2. The number of ketones is 1. The van der Waals surface area contributed by atoms with Crippen molar-refractivity contribution in [3.8, 4) is 0 Å². The second-order valence-electron chi connectivity index (χ2n) is 6.15. The predicted molar refractivity (Wildman–Crippen MR) is 95.2 cm³/mol. The van der Waals surface area contributed by atoms with Gasteiger partial charge in [-0.25, -0.2) is 0 Å². The minimum absolute atomic E-state index is 0. The van der Waals surface area contributed by atoms with E-state index in [1.807, 2.05) is 24.1 Å². The molecule has 1 aromatic rings. The van der Waals surface area contributed by atoms with Gasteiger partial charge in [-0.3, -0.25) is 9.59 Å². The maximum atomic E-state index is 12.4. The molecule has 0 atom stereocenters. The molecule has 5 heteroatoms. The van der Waals surface area contributed by atoms with Crippen molar-refractivity contribution in [2.45, 2.75) is 32.6 Å². The molecule has 0 aromatic heterocycles. The molecule has 2 rings (SSSR count). The van der Waals surface area contributed by atoms with E-state index in [1.54, 1.807) is 19.1 Å². The Labute approximate surface area is 145 Å². The molecule has 1 aromatic carbocycles. The van der Waals surface area contributed by atoms with Crippen LogP contribution in [0.25, 0.3) is 0 Å². The SMILES string of the molecule is CNCCC1CCN(C(=O)Cc2ccc(C(C)=O)cc2)CC1.Cl. The summed E-state index contributed by atoms with van der Waals surface area (Å²) in [5, 5.41) is 3.19. The van der Waals surface area contributed by atoms with Crippen LogP contribution in [-0.4, -0.2) is 43.3 Å². The van der Waals surface area contributed by atoms with Gasteiger partial charge in [0.05, 0.1) is 6.42 Å². The minimum Gasteiger partial charge on any atom is -0.342 e. The smallest absolute Gasteiger partial charge is 0.226 e. The topological polar surface area (TPSA) is 49.4 Å².